The number of aromatic nitrogens is 2. The predicted octanol–water partition coefficient (Wildman–Crippen LogP) is 15.0. The molecule has 2 unspecified atom stereocenters. The number of nitrogens with zero attached hydrogens (tertiary/aromatic N) is 2. The second-order valence-corrected chi connectivity index (χ2v) is 17.3. The van der Waals surface area contributed by atoms with Crippen molar-refractivity contribution < 1.29 is 8.83 Å². The molecule has 0 bridgehead atoms. The van der Waals surface area contributed by atoms with Crippen LogP contribution >= 0.6 is 0 Å². The Bertz CT molecular complexity index is 3650. The zero-order valence-electron chi connectivity index (χ0n) is 33.4. The van der Waals surface area contributed by atoms with Crippen LogP contribution in [0.2, 0.25) is 0 Å². The molecule has 286 valence electrons. The molecule has 0 amide bonds. The van der Waals surface area contributed by atoms with Gasteiger partial charge in [-0.05, 0) is 114 Å². The molecule has 4 nitrogen and oxygen atoms in total. The third-order valence-corrected chi connectivity index (χ3v) is 13.5. The first-order valence-electron chi connectivity index (χ1n) is 21.1. The Balaban J connectivity index is 0.875. The number of benzene rings is 7. The summed E-state index contributed by atoms with van der Waals surface area (Å²) in [5, 5.41) is 8.37. The standard InChI is InChI=1S/C56H40N2O2/c1-34-17-22-43-42-13-5-8-16-50(42)58(51(43)28-34)39-21-26-54-46(32-39)44-29-35(18-23-52(44)59-54)36-10-9-27-56(2,33-36)37-19-24-53-45(30-37)47-31-38(20-25-55(47)60-53)57-48-14-6-3-11-40(48)41-12-4-7-15-49(41)57/h3-27,29-32,34H,28,33H2,1-2H3. The maximum absolute atomic E-state index is 6.47. The van der Waals surface area contributed by atoms with E-state index >= 15 is 0 Å². The smallest absolute Gasteiger partial charge is 0.135 e. The summed E-state index contributed by atoms with van der Waals surface area (Å²) in [5.74, 6) is 0.496. The number of fused-ring (bicyclic) bond motifs is 12. The van der Waals surface area contributed by atoms with Crippen LogP contribution in [0.4, 0.5) is 0 Å². The zero-order chi connectivity index (χ0) is 39.7. The largest absolute Gasteiger partial charge is 0.456 e. The molecule has 0 spiro atoms. The van der Waals surface area contributed by atoms with Gasteiger partial charge in [0.25, 0.3) is 0 Å². The van der Waals surface area contributed by atoms with E-state index in [9.17, 15) is 0 Å². The Morgan fingerprint density at radius 1 is 0.550 bits per heavy atom. The maximum atomic E-state index is 6.47. The molecule has 11 aromatic rings. The number of allylic oxidation sites excluding steroid dienone is 5. The molecule has 0 radical (unpaired) electrons. The molecule has 2 aliphatic rings. The highest BCUT2D eigenvalue weighted by Gasteiger charge is 2.29. The van der Waals surface area contributed by atoms with E-state index in [1.807, 2.05) is 0 Å². The fourth-order valence-electron chi connectivity index (χ4n) is 10.5. The highest BCUT2D eigenvalue weighted by molar-refractivity contribution is 6.11. The minimum Gasteiger partial charge on any atom is -0.456 e. The van der Waals surface area contributed by atoms with Crippen LogP contribution in [0.5, 0.6) is 0 Å². The van der Waals surface area contributed by atoms with Gasteiger partial charge in [0, 0.05) is 65.8 Å². The molecule has 2 atom stereocenters. The summed E-state index contributed by atoms with van der Waals surface area (Å²) in [6.45, 7) is 4.66. The minimum atomic E-state index is -0.215. The van der Waals surface area contributed by atoms with E-state index in [-0.39, 0.29) is 5.41 Å². The molecule has 4 aromatic heterocycles. The van der Waals surface area contributed by atoms with E-state index in [0.717, 1.165) is 62.4 Å². The van der Waals surface area contributed by atoms with Gasteiger partial charge >= 0.3 is 0 Å². The molecule has 60 heavy (non-hydrogen) atoms. The number of furan rings is 2. The fraction of sp³-hybridized carbons (Fsp3) is 0.107. The summed E-state index contributed by atoms with van der Waals surface area (Å²) in [5.41, 5.74) is 15.9. The first-order valence-corrected chi connectivity index (χ1v) is 21.1. The van der Waals surface area contributed by atoms with Crippen molar-refractivity contribution in [2.24, 2.45) is 5.92 Å². The van der Waals surface area contributed by atoms with E-state index in [2.05, 4.69) is 199 Å². The maximum Gasteiger partial charge on any atom is 0.135 e. The fourth-order valence-corrected chi connectivity index (χ4v) is 10.5. The summed E-state index contributed by atoms with van der Waals surface area (Å²) in [4.78, 5) is 0. The molecular formula is C56H40N2O2. The topological polar surface area (TPSA) is 36.1 Å². The third kappa shape index (κ3) is 4.85. The number of rotatable bonds is 4. The molecule has 4 heteroatoms. The zero-order valence-corrected chi connectivity index (χ0v) is 33.4. The lowest BCUT2D eigenvalue weighted by atomic mass is 9.73. The SMILES string of the molecule is CC1C=Cc2c(n(-c3ccc4oc5ccc(C6=CC=CC(C)(c7ccc8oc9ccc(-n%10c%11ccccc%11c%11ccccc%11%10)cc9c8c7)C6)cc5c4c3)c3ccccc23)C1. The molecule has 13 rings (SSSR count). The summed E-state index contributed by atoms with van der Waals surface area (Å²) in [7, 11) is 0. The van der Waals surface area contributed by atoms with E-state index < -0.39 is 0 Å². The average Bonchev–Trinajstić information content (AvgIpc) is 4.03. The lowest BCUT2D eigenvalue weighted by Crippen LogP contribution is -2.21. The van der Waals surface area contributed by atoms with Crippen molar-refractivity contribution in [3.63, 3.8) is 0 Å². The van der Waals surface area contributed by atoms with Crippen molar-refractivity contribution in [3.05, 3.63) is 192 Å². The van der Waals surface area contributed by atoms with Crippen molar-refractivity contribution in [1.29, 1.82) is 0 Å². The average molecular weight is 773 g/mol. The molecule has 0 fully saturated rings. The van der Waals surface area contributed by atoms with Crippen molar-refractivity contribution in [2.75, 3.05) is 0 Å². The molecule has 0 saturated heterocycles. The van der Waals surface area contributed by atoms with Gasteiger partial charge < -0.3 is 18.0 Å². The van der Waals surface area contributed by atoms with Gasteiger partial charge in [0.15, 0.2) is 0 Å². The molecular weight excluding hydrogens is 733 g/mol. The Labute approximate surface area is 346 Å². The number of hydrogen-bond donors (Lipinski definition) is 0. The Hall–Kier alpha value is -7.30. The summed E-state index contributed by atoms with van der Waals surface area (Å²) in [6, 6.07) is 52.9. The molecule has 0 saturated carbocycles. The highest BCUT2D eigenvalue weighted by Crippen LogP contribution is 2.44. The van der Waals surface area contributed by atoms with Gasteiger partial charge in [0.05, 0.1) is 16.6 Å². The van der Waals surface area contributed by atoms with Gasteiger partial charge in [0.2, 0.25) is 0 Å². The normalized spacial score (nSPS) is 17.9. The third-order valence-electron chi connectivity index (χ3n) is 13.5. The quantitative estimate of drug-likeness (QED) is 0.179. The molecule has 0 N–H and O–H groups in total. The van der Waals surface area contributed by atoms with Gasteiger partial charge in [-0.2, -0.15) is 0 Å². The predicted molar refractivity (Wildman–Crippen MR) is 250 cm³/mol. The van der Waals surface area contributed by atoms with Gasteiger partial charge in [-0.3, -0.25) is 0 Å². The van der Waals surface area contributed by atoms with Crippen LogP contribution in [-0.2, 0) is 11.8 Å². The van der Waals surface area contributed by atoms with Crippen LogP contribution in [-0.4, -0.2) is 9.13 Å². The van der Waals surface area contributed by atoms with E-state index in [1.165, 1.54) is 66.4 Å². The Morgan fingerprint density at radius 3 is 1.78 bits per heavy atom. The monoisotopic (exact) mass is 772 g/mol. The van der Waals surface area contributed by atoms with Crippen LogP contribution in [0, 0.1) is 5.92 Å². The Kier molecular flexibility index (Phi) is 6.93. The van der Waals surface area contributed by atoms with Gasteiger partial charge in [-0.1, -0.05) is 111 Å². The summed E-state index contributed by atoms with van der Waals surface area (Å²) < 4.78 is 17.8. The van der Waals surface area contributed by atoms with Crippen molar-refractivity contribution in [3.8, 4) is 11.4 Å². The van der Waals surface area contributed by atoms with Crippen LogP contribution in [0.3, 0.4) is 0 Å². The first kappa shape index (κ1) is 33.6. The second-order valence-electron chi connectivity index (χ2n) is 17.3. The van der Waals surface area contributed by atoms with Crippen LogP contribution < -0.4 is 0 Å². The van der Waals surface area contributed by atoms with Crippen molar-refractivity contribution >= 4 is 88.2 Å². The molecule has 0 aliphatic heterocycles. The second kappa shape index (κ2) is 12.4. The molecule has 7 aromatic carbocycles. The van der Waals surface area contributed by atoms with E-state index in [4.69, 9.17) is 8.83 Å². The summed E-state index contributed by atoms with van der Waals surface area (Å²) >= 11 is 0. The number of para-hydroxylation sites is 3. The van der Waals surface area contributed by atoms with Gasteiger partial charge in [-0.15, -0.1) is 0 Å². The first-order chi connectivity index (χ1) is 29.5. The number of hydrogen-bond acceptors (Lipinski definition) is 2. The summed E-state index contributed by atoms with van der Waals surface area (Å²) in [6.07, 6.45) is 13.4. The van der Waals surface area contributed by atoms with Crippen molar-refractivity contribution in [2.45, 2.75) is 32.1 Å². The van der Waals surface area contributed by atoms with Crippen LogP contribution in [0.25, 0.3) is 99.6 Å². The van der Waals surface area contributed by atoms with E-state index in [0.29, 0.717) is 5.92 Å². The minimum absolute atomic E-state index is 0.215. The van der Waals surface area contributed by atoms with Crippen LogP contribution in [0.15, 0.2) is 179 Å². The van der Waals surface area contributed by atoms with Gasteiger partial charge in [-0.25, -0.2) is 0 Å². The van der Waals surface area contributed by atoms with Gasteiger partial charge in [0.1, 0.15) is 22.3 Å². The van der Waals surface area contributed by atoms with Crippen LogP contribution in [0.1, 0.15) is 42.7 Å². The van der Waals surface area contributed by atoms with Crippen molar-refractivity contribution in [1.82, 2.24) is 9.13 Å². The Morgan fingerprint density at radius 2 is 1.10 bits per heavy atom. The van der Waals surface area contributed by atoms with E-state index in [1.54, 1.807) is 0 Å². The lowest BCUT2D eigenvalue weighted by molar-refractivity contribution is 0.609. The highest BCUT2D eigenvalue weighted by atomic mass is 16.3. The molecule has 2 aliphatic carbocycles. The molecule has 4 heterocycles. The lowest BCUT2D eigenvalue weighted by Gasteiger charge is -2.31.